The van der Waals surface area contributed by atoms with Crippen LogP contribution in [0, 0.1) is 11.6 Å². The SMILES string of the molecule is COc1cc(OC)c(F)c(C(=O)c2cc3cc(Cl)ncc3n2C)c1F. The maximum atomic E-state index is 14.6. The van der Waals surface area contributed by atoms with E-state index in [1.807, 2.05) is 0 Å². The summed E-state index contributed by atoms with van der Waals surface area (Å²) in [5.74, 6) is -3.60. The van der Waals surface area contributed by atoms with E-state index < -0.39 is 23.0 Å². The van der Waals surface area contributed by atoms with Crippen molar-refractivity contribution in [2.75, 3.05) is 14.2 Å². The molecule has 0 unspecified atom stereocenters. The van der Waals surface area contributed by atoms with Gasteiger partial charge in [-0.05, 0) is 12.1 Å². The number of ketones is 1. The van der Waals surface area contributed by atoms with Crippen LogP contribution in [0.1, 0.15) is 16.1 Å². The molecule has 0 radical (unpaired) electrons. The van der Waals surface area contributed by atoms with Gasteiger partial charge in [-0.2, -0.15) is 0 Å². The van der Waals surface area contributed by atoms with Gasteiger partial charge in [-0.25, -0.2) is 13.8 Å². The van der Waals surface area contributed by atoms with Crippen molar-refractivity contribution < 1.29 is 23.0 Å². The number of aromatic nitrogens is 2. The maximum Gasteiger partial charge on any atom is 0.215 e. The van der Waals surface area contributed by atoms with Crippen molar-refractivity contribution in [2.45, 2.75) is 0 Å². The van der Waals surface area contributed by atoms with Gasteiger partial charge >= 0.3 is 0 Å². The lowest BCUT2D eigenvalue weighted by Gasteiger charge is -2.12. The molecule has 3 rings (SSSR count). The van der Waals surface area contributed by atoms with Crippen LogP contribution in [0.3, 0.4) is 0 Å². The number of pyridine rings is 1. The molecule has 0 aliphatic heterocycles. The Kier molecular flexibility index (Phi) is 4.34. The molecule has 0 aliphatic carbocycles. The predicted molar refractivity (Wildman–Crippen MR) is 88.6 cm³/mol. The fourth-order valence-electron chi connectivity index (χ4n) is 2.64. The Morgan fingerprint density at radius 2 is 1.72 bits per heavy atom. The number of rotatable bonds is 4. The standard InChI is InChI=1S/C17H13ClF2N2O3/c1-22-9(4-8-5-13(18)21-7-10(8)22)17(23)14-15(19)11(24-2)6-12(25-3)16(14)20/h4-7H,1-3H3. The highest BCUT2D eigenvalue weighted by molar-refractivity contribution is 6.30. The lowest BCUT2D eigenvalue weighted by Crippen LogP contribution is -2.13. The second-order valence-electron chi connectivity index (χ2n) is 5.27. The normalized spacial score (nSPS) is 11.0. The molecule has 2 heterocycles. The molecule has 25 heavy (non-hydrogen) atoms. The van der Waals surface area contributed by atoms with Crippen LogP contribution < -0.4 is 9.47 Å². The molecule has 0 amide bonds. The van der Waals surface area contributed by atoms with E-state index in [-0.39, 0.29) is 22.3 Å². The van der Waals surface area contributed by atoms with E-state index in [2.05, 4.69) is 4.98 Å². The smallest absolute Gasteiger partial charge is 0.215 e. The number of fused-ring (bicyclic) bond motifs is 1. The molecule has 1 aromatic carbocycles. The molecular formula is C17H13ClF2N2O3. The Bertz CT molecular complexity index is 973. The Morgan fingerprint density at radius 1 is 1.12 bits per heavy atom. The fraction of sp³-hybridized carbons (Fsp3) is 0.176. The summed E-state index contributed by atoms with van der Waals surface area (Å²) in [5, 5.41) is 0.874. The van der Waals surface area contributed by atoms with Gasteiger partial charge in [-0.3, -0.25) is 4.79 Å². The largest absolute Gasteiger partial charge is 0.494 e. The minimum Gasteiger partial charge on any atom is -0.494 e. The molecule has 8 heteroatoms. The summed E-state index contributed by atoms with van der Waals surface area (Å²) in [5.41, 5.74) is -0.0724. The molecule has 130 valence electrons. The second-order valence-corrected chi connectivity index (χ2v) is 5.65. The minimum absolute atomic E-state index is 0.0761. The maximum absolute atomic E-state index is 14.6. The van der Waals surface area contributed by atoms with Crippen LogP contribution in [0.15, 0.2) is 24.4 Å². The summed E-state index contributed by atoms with van der Waals surface area (Å²) in [4.78, 5) is 16.8. The molecule has 0 bridgehead atoms. The zero-order valence-electron chi connectivity index (χ0n) is 13.6. The quantitative estimate of drug-likeness (QED) is 0.521. The van der Waals surface area contributed by atoms with E-state index >= 15 is 0 Å². The molecule has 0 N–H and O–H groups in total. The molecule has 3 aromatic rings. The predicted octanol–water partition coefficient (Wildman–Crippen LogP) is 3.75. The van der Waals surface area contributed by atoms with Gasteiger partial charge in [0.1, 0.15) is 10.7 Å². The first-order valence-corrected chi connectivity index (χ1v) is 7.52. The number of hydrogen-bond donors (Lipinski definition) is 0. The molecule has 0 aliphatic rings. The highest BCUT2D eigenvalue weighted by Crippen LogP contribution is 2.33. The van der Waals surface area contributed by atoms with Gasteiger partial charge in [0.2, 0.25) is 5.78 Å². The first-order valence-electron chi connectivity index (χ1n) is 7.14. The average molecular weight is 367 g/mol. The van der Waals surface area contributed by atoms with E-state index in [1.165, 1.54) is 31.0 Å². The Balaban J connectivity index is 2.24. The first-order chi connectivity index (χ1) is 11.9. The number of ether oxygens (including phenoxy) is 2. The van der Waals surface area contributed by atoms with Crippen molar-refractivity contribution in [3.05, 3.63) is 52.4 Å². The van der Waals surface area contributed by atoms with Gasteiger partial charge in [-0.1, -0.05) is 11.6 Å². The lowest BCUT2D eigenvalue weighted by atomic mass is 10.1. The van der Waals surface area contributed by atoms with Crippen molar-refractivity contribution in [1.29, 1.82) is 0 Å². The van der Waals surface area contributed by atoms with Crippen LogP contribution in [0.4, 0.5) is 8.78 Å². The van der Waals surface area contributed by atoms with E-state index in [9.17, 15) is 13.6 Å². The van der Waals surface area contributed by atoms with Crippen LogP contribution in [0.25, 0.3) is 10.9 Å². The Morgan fingerprint density at radius 3 is 2.28 bits per heavy atom. The number of halogens is 3. The van der Waals surface area contributed by atoms with Gasteiger partial charge in [-0.15, -0.1) is 0 Å². The van der Waals surface area contributed by atoms with E-state index in [1.54, 1.807) is 13.1 Å². The first kappa shape index (κ1) is 17.2. The van der Waals surface area contributed by atoms with Crippen LogP contribution in [-0.4, -0.2) is 29.6 Å². The number of methoxy groups -OCH3 is 2. The van der Waals surface area contributed by atoms with Crippen LogP contribution in [-0.2, 0) is 7.05 Å². The number of hydrogen-bond acceptors (Lipinski definition) is 4. The number of nitrogens with zero attached hydrogens (tertiary/aromatic N) is 2. The van der Waals surface area contributed by atoms with Gasteiger partial charge in [0.15, 0.2) is 23.1 Å². The van der Waals surface area contributed by atoms with E-state index in [0.717, 1.165) is 6.07 Å². The molecule has 0 fully saturated rings. The monoisotopic (exact) mass is 366 g/mol. The zero-order chi connectivity index (χ0) is 18.3. The molecular weight excluding hydrogens is 354 g/mol. The van der Waals surface area contributed by atoms with Gasteiger partial charge in [0.05, 0.1) is 31.6 Å². The number of aryl methyl sites for hydroxylation is 1. The summed E-state index contributed by atoms with van der Waals surface area (Å²) in [7, 11) is 4.03. The molecule has 0 spiro atoms. The average Bonchev–Trinajstić information content (AvgIpc) is 2.91. The third-order valence-corrected chi connectivity index (χ3v) is 4.14. The third kappa shape index (κ3) is 2.70. The minimum atomic E-state index is -1.09. The van der Waals surface area contributed by atoms with Crippen molar-refractivity contribution in [2.24, 2.45) is 7.05 Å². The second kappa shape index (κ2) is 6.33. The Hall–Kier alpha value is -2.67. The summed E-state index contributed by atoms with van der Waals surface area (Å²) < 4.78 is 40.3. The highest BCUT2D eigenvalue weighted by Gasteiger charge is 2.28. The molecule has 2 aromatic heterocycles. The zero-order valence-corrected chi connectivity index (χ0v) is 14.3. The van der Waals surface area contributed by atoms with Gasteiger partial charge in [0, 0.05) is 18.5 Å². The van der Waals surface area contributed by atoms with Crippen LogP contribution in [0.5, 0.6) is 11.5 Å². The molecule has 5 nitrogen and oxygen atoms in total. The summed E-state index contributed by atoms with van der Waals surface area (Å²) >= 11 is 5.85. The number of carbonyl (C=O) groups is 1. The molecule has 0 saturated carbocycles. The molecule has 0 saturated heterocycles. The Labute approximate surface area is 146 Å². The summed E-state index contributed by atoms with van der Waals surface area (Å²) in [6.07, 6.45) is 1.48. The third-order valence-electron chi connectivity index (χ3n) is 3.93. The van der Waals surface area contributed by atoms with E-state index in [0.29, 0.717) is 10.9 Å². The van der Waals surface area contributed by atoms with Gasteiger partial charge < -0.3 is 14.0 Å². The number of benzene rings is 1. The van der Waals surface area contributed by atoms with Gasteiger partial charge in [0.25, 0.3) is 0 Å². The van der Waals surface area contributed by atoms with Crippen LogP contribution >= 0.6 is 11.6 Å². The molecule has 0 atom stereocenters. The van der Waals surface area contributed by atoms with E-state index in [4.69, 9.17) is 21.1 Å². The highest BCUT2D eigenvalue weighted by atomic mass is 35.5. The van der Waals surface area contributed by atoms with Crippen molar-refractivity contribution in [3.63, 3.8) is 0 Å². The van der Waals surface area contributed by atoms with Crippen molar-refractivity contribution >= 4 is 28.3 Å². The fourth-order valence-corrected chi connectivity index (χ4v) is 2.80. The summed E-state index contributed by atoms with van der Waals surface area (Å²) in [6.45, 7) is 0. The number of carbonyl (C=O) groups excluding carboxylic acids is 1. The van der Waals surface area contributed by atoms with Crippen molar-refractivity contribution in [3.8, 4) is 11.5 Å². The van der Waals surface area contributed by atoms with Crippen LogP contribution in [0.2, 0.25) is 5.15 Å². The lowest BCUT2D eigenvalue weighted by molar-refractivity contribution is 0.102. The van der Waals surface area contributed by atoms with Crippen molar-refractivity contribution in [1.82, 2.24) is 9.55 Å². The topological polar surface area (TPSA) is 53.4 Å². The summed E-state index contributed by atoms with van der Waals surface area (Å²) in [6, 6.07) is 4.11.